The van der Waals surface area contributed by atoms with E-state index in [-0.39, 0.29) is 0 Å². The van der Waals surface area contributed by atoms with Crippen molar-refractivity contribution in [3.05, 3.63) is 15.6 Å². The molecule has 84 valence electrons. The number of aromatic nitrogens is 1. The van der Waals surface area contributed by atoms with Gasteiger partial charge in [0.15, 0.2) is 0 Å². The molecule has 0 aliphatic carbocycles. The molecule has 0 spiro atoms. The Labute approximate surface area is 92.6 Å². The maximum Gasteiger partial charge on any atom is 0.140 e. The molecule has 1 aromatic rings. The Hall–Kier alpha value is -0.520. The van der Waals surface area contributed by atoms with E-state index in [2.05, 4.69) is 4.98 Å². The van der Waals surface area contributed by atoms with Gasteiger partial charge in [0, 0.05) is 24.5 Å². The number of likely N-dealkylation sites (tertiary alicyclic amines) is 1. The van der Waals surface area contributed by atoms with Gasteiger partial charge in [0.2, 0.25) is 0 Å². The van der Waals surface area contributed by atoms with Gasteiger partial charge >= 0.3 is 0 Å². The molecule has 2 rings (SSSR count). The Balaban J connectivity index is 2.01. The topological polar surface area (TPSA) is 36.4 Å². The third-order valence-corrected chi connectivity index (χ3v) is 3.72. The molecule has 0 bridgehead atoms. The van der Waals surface area contributed by atoms with E-state index in [9.17, 15) is 9.50 Å². The highest BCUT2D eigenvalue weighted by molar-refractivity contribution is 7.11. The van der Waals surface area contributed by atoms with Crippen LogP contribution in [0.1, 0.15) is 15.6 Å². The predicted octanol–water partition coefficient (Wildman–Crippen LogP) is 1.27. The number of aliphatic hydroxyl groups excluding tert-OH is 1. The Kier molecular flexibility index (Phi) is 3.04. The van der Waals surface area contributed by atoms with Crippen LogP contribution in [0.4, 0.5) is 4.39 Å². The largest absolute Gasteiger partial charge is 0.389 e. The Morgan fingerprint density at radius 2 is 2.27 bits per heavy atom. The predicted molar refractivity (Wildman–Crippen MR) is 57.8 cm³/mol. The molecular formula is C10H15FN2OS. The first kappa shape index (κ1) is 11.0. The number of hydrogen-bond donors (Lipinski definition) is 1. The van der Waals surface area contributed by atoms with Crippen LogP contribution in [0, 0.1) is 13.8 Å². The SMILES string of the molecule is Cc1nc(C)c(CN2C[C@@H](O)[C@H](F)C2)s1. The number of halogens is 1. The van der Waals surface area contributed by atoms with Crippen LogP contribution in [0.3, 0.4) is 0 Å². The fourth-order valence-electron chi connectivity index (χ4n) is 1.87. The van der Waals surface area contributed by atoms with Crippen molar-refractivity contribution in [3.63, 3.8) is 0 Å². The van der Waals surface area contributed by atoms with E-state index in [0.717, 1.165) is 10.7 Å². The lowest BCUT2D eigenvalue weighted by atomic mass is 10.3. The average molecular weight is 230 g/mol. The molecular weight excluding hydrogens is 215 g/mol. The molecule has 2 heterocycles. The summed E-state index contributed by atoms with van der Waals surface area (Å²) in [7, 11) is 0. The molecule has 15 heavy (non-hydrogen) atoms. The second-order valence-corrected chi connectivity index (χ2v) is 5.31. The molecule has 0 saturated carbocycles. The van der Waals surface area contributed by atoms with Gasteiger partial charge in [-0.2, -0.15) is 0 Å². The van der Waals surface area contributed by atoms with Gasteiger partial charge in [-0.05, 0) is 13.8 Å². The molecule has 0 amide bonds. The summed E-state index contributed by atoms with van der Waals surface area (Å²) in [6, 6.07) is 0. The molecule has 1 fully saturated rings. The lowest BCUT2D eigenvalue weighted by Crippen LogP contribution is -2.21. The zero-order chi connectivity index (χ0) is 11.0. The number of thiazole rings is 1. The Morgan fingerprint density at radius 3 is 2.73 bits per heavy atom. The van der Waals surface area contributed by atoms with Crippen molar-refractivity contribution in [2.45, 2.75) is 32.7 Å². The number of alkyl halides is 1. The minimum Gasteiger partial charge on any atom is -0.389 e. The Bertz CT molecular complexity index is 345. The summed E-state index contributed by atoms with van der Waals surface area (Å²) in [6.07, 6.45) is -1.92. The third kappa shape index (κ3) is 2.35. The average Bonchev–Trinajstić information content (AvgIpc) is 2.59. The fraction of sp³-hybridized carbons (Fsp3) is 0.700. The molecule has 1 saturated heterocycles. The number of nitrogens with zero attached hydrogens (tertiary/aromatic N) is 2. The molecule has 5 heteroatoms. The fourth-order valence-corrected chi connectivity index (χ4v) is 2.85. The molecule has 1 aliphatic heterocycles. The minimum atomic E-state index is -1.10. The number of aliphatic hydroxyl groups is 1. The van der Waals surface area contributed by atoms with Gasteiger partial charge in [-0.25, -0.2) is 9.37 Å². The van der Waals surface area contributed by atoms with Gasteiger partial charge in [0.25, 0.3) is 0 Å². The maximum absolute atomic E-state index is 13.1. The summed E-state index contributed by atoms with van der Waals surface area (Å²) in [5.41, 5.74) is 1.02. The molecule has 0 aromatic carbocycles. The maximum atomic E-state index is 13.1. The van der Waals surface area contributed by atoms with Crippen LogP contribution in [0.25, 0.3) is 0 Å². The lowest BCUT2D eigenvalue weighted by Gasteiger charge is -2.12. The van der Waals surface area contributed by atoms with Gasteiger partial charge in [-0.3, -0.25) is 4.90 Å². The van der Waals surface area contributed by atoms with Crippen LogP contribution < -0.4 is 0 Å². The number of β-amino-alcohol motifs (C(OH)–C–C–N with tert-alkyl or cyclic N) is 1. The number of hydrogen-bond acceptors (Lipinski definition) is 4. The minimum absolute atomic E-state index is 0.331. The van der Waals surface area contributed by atoms with E-state index >= 15 is 0 Å². The van der Waals surface area contributed by atoms with Crippen molar-refractivity contribution in [2.24, 2.45) is 0 Å². The van der Waals surface area contributed by atoms with Crippen molar-refractivity contribution in [1.82, 2.24) is 9.88 Å². The standard InChI is InChI=1S/C10H15FN2OS/c1-6-10(15-7(2)12-6)5-13-3-8(11)9(14)4-13/h8-9,14H,3-5H2,1-2H3/t8-,9-/m1/s1. The highest BCUT2D eigenvalue weighted by Crippen LogP contribution is 2.22. The molecule has 0 radical (unpaired) electrons. The first-order valence-electron chi connectivity index (χ1n) is 5.03. The van der Waals surface area contributed by atoms with E-state index in [0.29, 0.717) is 19.6 Å². The van der Waals surface area contributed by atoms with Gasteiger partial charge < -0.3 is 5.11 Å². The van der Waals surface area contributed by atoms with Crippen LogP contribution in [-0.2, 0) is 6.54 Å². The summed E-state index contributed by atoms with van der Waals surface area (Å²) < 4.78 is 13.1. The van der Waals surface area contributed by atoms with Gasteiger partial charge in [0.05, 0.1) is 16.8 Å². The lowest BCUT2D eigenvalue weighted by molar-refractivity contribution is 0.115. The zero-order valence-corrected chi connectivity index (χ0v) is 9.72. The molecule has 1 N–H and O–H groups in total. The van der Waals surface area contributed by atoms with Crippen molar-refractivity contribution in [1.29, 1.82) is 0 Å². The molecule has 2 atom stereocenters. The monoisotopic (exact) mass is 230 g/mol. The van der Waals surface area contributed by atoms with Crippen molar-refractivity contribution >= 4 is 11.3 Å². The zero-order valence-electron chi connectivity index (χ0n) is 8.90. The van der Waals surface area contributed by atoms with E-state index < -0.39 is 12.3 Å². The van der Waals surface area contributed by atoms with E-state index in [1.54, 1.807) is 11.3 Å². The normalized spacial score (nSPS) is 27.5. The Morgan fingerprint density at radius 1 is 1.53 bits per heavy atom. The molecule has 1 aromatic heterocycles. The summed E-state index contributed by atoms with van der Waals surface area (Å²) in [5.74, 6) is 0. The number of rotatable bonds is 2. The molecule has 0 unspecified atom stereocenters. The molecule has 3 nitrogen and oxygen atoms in total. The second kappa shape index (κ2) is 4.15. The number of aryl methyl sites for hydroxylation is 2. The summed E-state index contributed by atoms with van der Waals surface area (Å²) >= 11 is 1.65. The van der Waals surface area contributed by atoms with Gasteiger partial charge in [0.1, 0.15) is 6.17 Å². The quantitative estimate of drug-likeness (QED) is 0.831. The van der Waals surface area contributed by atoms with Crippen LogP contribution in [0.5, 0.6) is 0 Å². The summed E-state index contributed by atoms with van der Waals surface area (Å²) in [5, 5.41) is 10.3. The van der Waals surface area contributed by atoms with Crippen LogP contribution in [0.2, 0.25) is 0 Å². The van der Waals surface area contributed by atoms with Crippen LogP contribution >= 0.6 is 11.3 Å². The van der Waals surface area contributed by atoms with Gasteiger partial charge in [-0.1, -0.05) is 0 Å². The second-order valence-electron chi connectivity index (χ2n) is 4.02. The highest BCUT2D eigenvalue weighted by Gasteiger charge is 2.31. The summed E-state index contributed by atoms with van der Waals surface area (Å²) in [6.45, 7) is 5.40. The van der Waals surface area contributed by atoms with Crippen LogP contribution in [0.15, 0.2) is 0 Å². The van der Waals surface area contributed by atoms with Crippen molar-refractivity contribution < 1.29 is 9.50 Å². The first-order chi connectivity index (χ1) is 7.06. The highest BCUT2D eigenvalue weighted by atomic mass is 32.1. The summed E-state index contributed by atoms with van der Waals surface area (Å²) in [4.78, 5) is 7.44. The van der Waals surface area contributed by atoms with Crippen molar-refractivity contribution in [3.8, 4) is 0 Å². The smallest absolute Gasteiger partial charge is 0.140 e. The first-order valence-corrected chi connectivity index (χ1v) is 5.85. The van der Waals surface area contributed by atoms with Gasteiger partial charge in [-0.15, -0.1) is 11.3 Å². The van der Waals surface area contributed by atoms with Crippen LogP contribution in [-0.4, -0.2) is 40.4 Å². The van der Waals surface area contributed by atoms with Crippen molar-refractivity contribution in [2.75, 3.05) is 13.1 Å². The van der Waals surface area contributed by atoms with E-state index in [1.165, 1.54) is 4.88 Å². The van der Waals surface area contributed by atoms with E-state index in [1.807, 2.05) is 18.7 Å². The molecule has 1 aliphatic rings. The van der Waals surface area contributed by atoms with E-state index in [4.69, 9.17) is 0 Å². The third-order valence-electron chi connectivity index (χ3n) is 2.66.